The van der Waals surface area contributed by atoms with Gasteiger partial charge in [-0.1, -0.05) is 32.0 Å². The van der Waals surface area contributed by atoms with Gasteiger partial charge in [0.25, 0.3) is 0 Å². The molecule has 3 N–H and O–H groups in total. The molecule has 2 aromatic carbocycles. The summed E-state index contributed by atoms with van der Waals surface area (Å²) in [5.74, 6) is -1.07. The molecule has 174 valence electrons. The van der Waals surface area contributed by atoms with Crippen LogP contribution in [-0.4, -0.2) is 29.7 Å². The molecule has 0 saturated carbocycles. The molecular weight excluding hydrogens is 410 g/mol. The first kappa shape index (κ1) is 24.3. The van der Waals surface area contributed by atoms with E-state index in [0.717, 1.165) is 31.7 Å². The van der Waals surface area contributed by atoms with Crippen molar-refractivity contribution in [2.24, 2.45) is 5.92 Å². The lowest BCUT2D eigenvalue weighted by Crippen LogP contribution is -2.48. The number of nitrogens with one attached hydrogen (secondary N) is 2. The van der Waals surface area contributed by atoms with Gasteiger partial charge in [-0.3, -0.25) is 4.79 Å². The molecular formula is C26H34F2N2O2. The van der Waals surface area contributed by atoms with Crippen LogP contribution in [0.4, 0.5) is 8.78 Å². The number of hydrogen-bond acceptors (Lipinski definition) is 3. The van der Waals surface area contributed by atoms with Gasteiger partial charge >= 0.3 is 0 Å². The number of aliphatic hydroxyl groups excluding tert-OH is 1. The van der Waals surface area contributed by atoms with Crippen molar-refractivity contribution in [2.75, 3.05) is 6.54 Å². The maximum atomic E-state index is 13.6. The highest BCUT2D eigenvalue weighted by Gasteiger charge is 2.25. The summed E-state index contributed by atoms with van der Waals surface area (Å²) in [6.45, 7) is 6.05. The minimum absolute atomic E-state index is 0.130. The molecule has 2 aromatic rings. The van der Waals surface area contributed by atoms with Crippen LogP contribution < -0.4 is 10.6 Å². The van der Waals surface area contributed by atoms with Gasteiger partial charge in [0.15, 0.2) is 0 Å². The van der Waals surface area contributed by atoms with Crippen LogP contribution in [0.1, 0.15) is 61.9 Å². The number of aliphatic hydroxyl groups is 1. The summed E-state index contributed by atoms with van der Waals surface area (Å²) >= 11 is 0. The molecule has 1 aliphatic carbocycles. The first-order chi connectivity index (χ1) is 15.2. The lowest BCUT2D eigenvalue weighted by molar-refractivity contribution is -0.120. The van der Waals surface area contributed by atoms with E-state index in [1.165, 1.54) is 35.7 Å². The number of halogens is 2. The quantitative estimate of drug-likeness (QED) is 0.542. The topological polar surface area (TPSA) is 61.4 Å². The number of hydrogen-bond donors (Lipinski definition) is 3. The first-order valence-corrected chi connectivity index (χ1v) is 11.5. The van der Waals surface area contributed by atoms with Gasteiger partial charge in [-0.15, -0.1) is 0 Å². The minimum Gasteiger partial charge on any atom is -0.390 e. The molecule has 0 saturated heterocycles. The highest BCUT2D eigenvalue weighted by Crippen LogP contribution is 2.31. The Morgan fingerprint density at radius 3 is 2.47 bits per heavy atom. The molecule has 1 amide bonds. The van der Waals surface area contributed by atoms with Gasteiger partial charge < -0.3 is 15.7 Å². The van der Waals surface area contributed by atoms with E-state index >= 15 is 0 Å². The summed E-state index contributed by atoms with van der Waals surface area (Å²) < 4.78 is 27.2. The molecule has 6 heteroatoms. The largest absolute Gasteiger partial charge is 0.390 e. The van der Waals surface area contributed by atoms with Crippen molar-refractivity contribution in [3.63, 3.8) is 0 Å². The van der Waals surface area contributed by atoms with Crippen LogP contribution in [0.3, 0.4) is 0 Å². The van der Waals surface area contributed by atoms with Crippen molar-refractivity contribution in [1.29, 1.82) is 0 Å². The fourth-order valence-corrected chi connectivity index (χ4v) is 4.59. The van der Waals surface area contributed by atoms with Crippen LogP contribution in [0.2, 0.25) is 0 Å². The molecule has 2 unspecified atom stereocenters. The van der Waals surface area contributed by atoms with Crippen molar-refractivity contribution in [3.05, 3.63) is 70.3 Å². The van der Waals surface area contributed by atoms with Crippen molar-refractivity contribution in [3.8, 4) is 0 Å². The second kappa shape index (κ2) is 11.0. The summed E-state index contributed by atoms with van der Waals surface area (Å²) in [5, 5.41) is 17.0. The van der Waals surface area contributed by atoms with Crippen LogP contribution >= 0.6 is 0 Å². The van der Waals surface area contributed by atoms with Crippen LogP contribution in [0.15, 0.2) is 36.4 Å². The van der Waals surface area contributed by atoms with Crippen molar-refractivity contribution < 1.29 is 18.7 Å². The Bertz CT molecular complexity index is 912. The molecule has 0 radical (unpaired) electrons. The lowest BCUT2D eigenvalue weighted by atomic mass is 9.85. The Morgan fingerprint density at radius 1 is 1.09 bits per heavy atom. The van der Waals surface area contributed by atoms with Gasteiger partial charge in [-0.2, -0.15) is 0 Å². The van der Waals surface area contributed by atoms with Gasteiger partial charge in [0.1, 0.15) is 11.6 Å². The van der Waals surface area contributed by atoms with E-state index in [4.69, 9.17) is 0 Å². The Hall–Kier alpha value is -2.31. The Morgan fingerprint density at radius 2 is 1.81 bits per heavy atom. The molecule has 4 nitrogen and oxygen atoms in total. The average Bonchev–Trinajstić information content (AvgIpc) is 2.70. The lowest BCUT2D eigenvalue weighted by Gasteiger charge is -2.30. The van der Waals surface area contributed by atoms with Crippen molar-refractivity contribution in [2.45, 2.75) is 71.1 Å². The normalized spacial score (nSPS) is 17.7. The minimum atomic E-state index is -0.908. The maximum Gasteiger partial charge on any atom is 0.217 e. The van der Waals surface area contributed by atoms with E-state index in [1.54, 1.807) is 0 Å². The third-order valence-corrected chi connectivity index (χ3v) is 5.97. The van der Waals surface area contributed by atoms with Gasteiger partial charge in [0.2, 0.25) is 5.91 Å². The summed E-state index contributed by atoms with van der Waals surface area (Å²) in [5.41, 5.74) is 4.33. The molecule has 0 aliphatic heterocycles. The van der Waals surface area contributed by atoms with E-state index in [2.05, 4.69) is 42.7 Å². The zero-order valence-electron chi connectivity index (χ0n) is 19.1. The second-order valence-corrected chi connectivity index (χ2v) is 9.34. The average molecular weight is 445 g/mol. The molecule has 0 spiro atoms. The smallest absolute Gasteiger partial charge is 0.217 e. The SMILES string of the molecule is CC(=O)NC(Cc1cc(F)cc(F)c1)[C@H](O)CNC1CCCc2ccc(CC(C)C)cc21. The number of benzene rings is 2. The number of amides is 1. The molecule has 3 atom stereocenters. The van der Waals surface area contributed by atoms with Gasteiger partial charge in [0.05, 0.1) is 12.1 Å². The highest BCUT2D eigenvalue weighted by atomic mass is 19.1. The molecule has 0 heterocycles. The standard InChI is InChI=1S/C26H34F2N2O2/c1-16(2)9-18-7-8-20-5-4-6-24(23(20)12-18)29-15-26(32)25(30-17(3)31)13-19-10-21(27)14-22(28)11-19/h7-8,10-12,14,16,24-26,29,32H,4-6,9,13,15H2,1-3H3,(H,30,31)/t24?,25?,26-/m1/s1. The second-order valence-electron chi connectivity index (χ2n) is 9.34. The Balaban J connectivity index is 1.69. The number of rotatable bonds is 9. The maximum absolute atomic E-state index is 13.6. The van der Waals surface area contributed by atoms with Crippen LogP contribution in [0, 0.1) is 17.6 Å². The van der Waals surface area contributed by atoms with Gasteiger partial charge in [-0.05, 0) is 72.4 Å². The molecule has 3 rings (SSSR count). The van der Waals surface area contributed by atoms with E-state index in [0.29, 0.717) is 11.5 Å². The molecule has 0 bridgehead atoms. The van der Waals surface area contributed by atoms with Gasteiger partial charge in [-0.25, -0.2) is 8.78 Å². The van der Waals surface area contributed by atoms with E-state index in [-0.39, 0.29) is 24.9 Å². The summed E-state index contributed by atoms with van der Waals surface area (Å²) in [6, 6.07) is 9.44. The zero-order chi connectivity index (χ0) is 23.3. The third-order valence-electron chi connectivity index (χ3n) is 5.97. The number of aryl methyl sites for hydroxylation is 1. The number of carbonyl (C=O) groups is 1. The predicted octanol–water partition coefficient (Wildman–Crippen LogP) is 4.24. The van der Waals surface area contributed by atoms with Gasteiger partial charge in [0, 0.05) is 25.6 Å². The van der Waals surface area contributed by atoms with E-state index < -0.39 is 23.8 Å². The molecule has 32 heavy (non-hydrogen) atoms. The van der Waals surface area contributed by atoms with E-state index in [9.17, 15) is 18.7 Å². The molecule has 0 aromatic heterocycles. The first-order valence-electron chi connectivity index (χ1n) is 11.5. The van der Waals surface area contributed by atoms with E-state index in [1.807, 2.05) is 0 Å². The van der Waals surface area contributed by atoms with Crippen LogP contribution in [0.5, 0.6) is 0 Å². The molecule has 1 aliphatic rings. The summed E-state index contributed by atoms with van der Waals surface area (Å²) in [6.07, 6.45) is 3.35. The Kier molecular flexibility index (Phi) is 8.38. The fourth-order valence-electron chi connectivity index (χ4n) is 4.59. The third kappa shape index (κ3) is 6.84. The zero-order valence-corrected chi connectivity index (χ0v) is 19.1. The predicted molar refractivity (Wildman–Crippen MR) is 122 cm³/mol. The van der Waals surface area contributed by atoms with Crippen molar-refractivity contribution in [1.82, 2.24) is 10.6 Å². The number of fused-ring (bicyclic) bond motifs is 1. The number of carbonyl (C=O) groups excluding carboxylic acids is 1. The summed E-state index contributed by atoms with van der Waals surface area (Å²) in [4.78, 5) is 11.7. The fraction of sp³-hybridized carbons (Fsp3) is 0.500. The van der Waals surface area contributed by atoms with Crippen molar-refractivity contribution >= 4 is 5.91 Å². The van der Waals surface area contributed by atoms with Crippen LogP contribution in [0.25, 0.3) is 0 Å². The monoisotopic (exact) mass is 444 g/mol. The highest BCUT2D eigenvalue weighted by molar-refractivity contribution is 5.73. The molecule has 0 fully saturated rings. The Labute approximate surface area is 189 Å². The summed E-state index contributed by atoms with van der Waals surface area (Å²) in [7, 11) is 0. The van der Waals surface area contributed by atoms with Crippen LogP contribution in [-0.2, 0) is 24.1 Å².